The minimum Gasteiger partial charge on any atom is -0.343 e. The Kier molecular flexibility index (Phi) is 5.74. The van der Waals surface area contributed by atoms with E-state index >= 15 is 0 Å². The number of hydrogen-bond donors (Lipinski definition) is 2. The number of carbonyl (C=O) groups excluding carboxylic acids is 2. The van der Waals surface area contributed by atoms with Crippen molar-refractivity contribution in [3.63, 3.8) is 0 Å². The highest BCUT2D eigenvalue weighted by Gasteiger charge is 2.20. The minimum absolute atomic E-state index is 0.168. The highest BCUT2D eigenvalue weighted by molar-refractivity contribution is 5.95. The monoisotopic (exact) mass is 344 g/mol. The van der Waals surface area contributed by atoms with Crippen LogP contribution in [-0.2, 0) is 7.05 Å². The fourth-order valence-corrected chi connectivity index (χ4v) is 2.40. The van der Waals surface area contributed by atoms with Crippen molar-refractivity contribution in [1.29, 1.82) is 0 Å². The molecule has 2 aromatic heterocycles. The van der Waals surface area contributed by atoms with Gasteiger partial charge in [-0.2, -0.15) is 5.10 Å². The second-order valence-corrected chi connectivity index (χ2v) is 6.40. The first kappa shape index (κ1) is 18.4. The van der Waals surface area contributed by atoms with Gasteiger partial charge in [-0.25, -0.2) is 4.79 Å². The average Bonchev–Trinajstić information content (AvgIpc) is 2.97. The molecule has 0 fully saturated rings. The van der Waals surface area contributed by atoms with Crippen molar-refractivity contribution in [3.8, 4) is 0 Å². The van der Waals surface area contributed by atoms with Gasteiger partial charge in [0.25, 0.3) is 5.91 Å². The number of amides is 3. The molecule has 2 rings (SSSR count). The Hall–Kier alpha value is -2.90. The second-order valence-electron chi connectivity index (χ2n) is 6.40. The number of rotatable bonds is 5. The smallest absolute Gasteiger partial charge is 0.319 e. The van der Waals surface area contributed by atoms with Gasteiger partial charge in [-0.3, -0.25) is 14.5 Å². The van der Waals surface area contributed by atoms with Gasteiger partial charge < -0.3 is 15.5 Å². The predicted octanol–water partition coefficient (Wildman–Crippen LogP) is 2.04. The molecule has 0 spiro atoms. The standard InChI is InChI=1S/C17H24N6O2/c1-11(2)15(12-9-19-23(5)10-12)21-17(25)20-13-6-7-18-14(8-13)16(24)22(3)4/h6-11,15H,1-5H3,(H2,18,20,21,25). The van der Waals surface area contributed by atoms with Crippen molar-refractivity contribution in [2.75, 3.05) is 19.4 Å². The lowest BCUT2D eigenvalue weighted by molar-refractivity contribution is 0.0822. The van der Waals surface area contributed by atoms with Gasteiger partial charge in [0.15, 0.2) is 0 Å². The maximum absolute atomic E-state index is 12.4. The predicted molar refractivity (Wildman–Crippen MR) is 95.2 cm³/mol. The highest BCUT2D eigenvalue weighted by atomic mass is 16.2. The number of nitrogens with zero attached hydrogens (tertiary/aromatic N) is 4. The fourth-order valence-electron chi connectivity index (χ4n) is 2.40. The molecule has 2 heterocycles. The molecule has 0 saturated heterocycles. The lowest BCUT2D eigenvalue weighted by Gasteiger charge is -2.21. The average molecular weight is 344 g/mol. The summed E-state index contributed by atoms with van der Waals surface area (Å²) in [6.45, 7) is 4.05. The first-order valence-corrected chi connectivity index (χ1v) is 8.01. The number of aryl methyl sites for hydroxylation is 1. The summed E-state index contributed by atoms with van der Waals surface area (Å²) in [5.74, 6) is -0.0299. The Balaban J connectivity index is 2.08. The number of carbonyl (C=O) groups is 2. The minimum atomic E-state index is -0.350. The molecule has 8 nitrogen and oxygen atoms in total. The van der Waals surface area contributed by atoms with E-state index in [1.165, 1.54) is 11.1 Å². The first-order valence-electron chi connectivity index (χ1n) is 8.01. The summed E-state index contributed by atoms with van der Waals surface area (Å²) in [5.41, 5.74) is 1.72. The number of nitrogens with one attached hydrogen (secondary N) is 2. The van der Waals surface area contributed by atoms with E-state index in [-0.39, 0.29) is 29.6 Å². The molecule has 0 aliphatic carbocycles. The molecular formula is C17H24N6O2. The topological polar surface area (TPSA) is 92.2 Å². The van der Waals surface area contributed by atoms with Crippen molar-refractivity contribution < 1.29 is 9.59 Å². The van der Waals surface area contributed by atoms with Crippen molar-refractivity contribution in [2.45, 2.75) is 19.9 Å². The quantitative estimate of drug-likeness (QED) is 0.868. The van der Waals surface area contributed by atoms with Crippen LogP contribution in [0.5, 0.6) is 0 Å². The van der Waals surface area contributed by atoms with E-state index in [0.717, 1.165) is 5.56 Å². The van der Waals surface area contributed by atoms with E-state index in [0.29, 0.717) is 5.69 Å². The summed E-state index contributed by atoms with van der Waals surface area (Å²) in [6, 6.07) is 2.67. The third kappa shape index (κ3) is 4.79. The Labute approximate surface area is 147 Å². The zero-order valence-electron chi connectivity index (χ0n) is 15.1. The summed E-state index contributed by atoms with van der Waals surface area (Å²) < 4.78 is 1.70. The van der Waals surface area contributed by atoms with Crippen LogP contribution < -0.4 is 10.6 Å². The van der Waals surface area contributed by atoms with Crippen LogP contribution in [0, 0.1) is 5.92 Å². The van der Waals surface area contributed by atoms with Crippen LogP contribution in [0.15, 0.2) is 30.7 Å². The fraction of sp³-hybridized carbons (Fsp3) is 0.412. The third-order valence-corrected chi connectivity index (χ3v) is 3.68. The number of anilines is 1. The molecule has 0 saturated carbocycles. The molecule has 25 heavy (non-hydrogen) atoms. The van der Waals surface area contributed by atoms with Crippen LogP contribution in [0.1, 0.15) is 35.9 Å². The summed E-state index contributed by atoms with van der Waals surface area (Å²) >= 11 is 0. The zero-order chi connectivity index (χ0) is 18.6. The van der Waals surface area contributed by atoms with Crippen molar-refractivity contribution >= 4 is 17.6 Å². The van der Waals surface area contributed by atoms with Gasteiger partial charge in [0.1, 0.15) is 5.69 Å². The van der Waals surface area contributed by atoms with Crippen molar-refractivity contribution in [1.82, 2.24) is 25.0 Å². The Morgan fingerprint density at radius 3 is 2.56 bits per heavy atom. The maximum atomic E-state index is 12.4. The van der Waals surface area contributed by atoms with Crippen LogP contribution in [0.25, 0.3) is 0 Å². The molecule has 0 aromatic carbocycles. The molecule has 2 N–H and O–H groups in total. The number of urea groups is 1. The van der Waals surface area contributed by atoms with Gasteiger partial charge in [0.2, 0.25) is 0 Å². The van der Waals surface area contributed by atoms with E-state index in [1.54, 1.807) is 37.1 Å². The molecule has 0 aliphatic rings. The molecule has 0 bridgehead atoms. The molecule has 1 unspecified atom stereocenters. The van der Waals surface area contributed by atoms with Crippen molar-refractivity contribution in [3.05, 3.63) is 42.0 Å². The molecule has 8 heteroatoms. The van der Waals surface area contributed by atoms with Gasteiger partial charge >= 0.3 is 6.03 Å². The largest absolute Gasteiger partial charge is 0.343 e. The van der Waals surface area contributed by atoms with Gasteiger partial charge in [0, 0.05) is 44.8 Å². The van der Waals surface area contributed by atoms with Crippen LogP contribution >= 0.6 is 0 Å². The molecule has 2 aromatic rings. The first-order chi connectivity index (χ1) is 11.8. The van der Waals surface area contributed by atoms with Crippen molar-refractivity contribution in [2.24, 2.45) is 13.0 Å². The van der Waals surface area contributed by atoms with Gasteiger partial charge in [-0.05, 0) is 18.1 Å². The van der Waals surface area contributed by atoms with E-state index in [9.17, 15) is 9.59 Å². The van der Waals surface area contributed by atoms with E-state index in [4.69, 9.17) is 0 Å². The van der Waals surface area contributed by atoms with Crippen LogP contribution in [-0.4, -0.2) is 45.7 Å². The van der Waals surface area contributed by atoms with Crippen LogP contribution in [0.3, 0.4) is 0 Å². The molecule has 134 valence electrons. The highest BCUT2D eigenvalue weighted by Crippen LogP contribution is 2.21. The normalized spacial score (nSPS) is 11.9. The van der Waals surface area contributed by atoms with E-state index in [2.05, 4.69) is 20.7 Å². The van der Waals surface area contributed by atoms with Crippen LogP contribution in [0.4, 0.5) is 10.5 Å². The molecule has 3 amide bonds. The maximum Gasteiger partial charge on any atom is 0.319 e. The number of pyridine rings is 1. The number of hydrogen-bond acceptors (Lipinski definition) is 4. The molecule has 0 aliphatic heterocycles. The summed E-state index contributed by atoms with van der Waals surface area (Å²) in [7, 11) is 5.14. The summed E-state index contributed by atoms with van der Waals surface area (Å²) in [4.78, 5) is 29.8. The Morgan fingerprint density at radius 1 is 1.28 bits per heavy atom. The lowest BCUT2D eigenvalue weighted by atomic mass is 9.99. The SMILES string of the molecule is CC(C)C(NC(=O)Nc1ccnc(C(=O)N(C)C)c1)c1cnn(C)c1. The number of aromatic nitrogens is 3. The summed E-state index contributed by atoms with van der Waals surface area (Å²) in [6.07, 6.45) is 5.11. The zero-order valence-corrected chi connectivity index (χ0v) is 15.1. The van der Waals surface area contributed by atoms with E-state index < -0.39 is 0 Å². The lowest BCUT2D eigenvalue weighted by Crippen LogP contribution is -2.35. The molecule has 1 atom stereocenters. The van der Waals surface area contributed by atoms with Gasteiger partial charge in [0.05, 0.1) is 12.2 Å². The Bertz CT molecular complexity index is 753. The summed E-state index contributed by atoms with van der Waals surface area (Å²) in [5, 5.41) is 9.85. The van der Waals surface area contributed by atoms with Gasteiger partial charge in [-0.1, -0.05) is 13.8 Å². The second kappa shape index (κ2) is 7.78. The third-order valence-electron chi connectivity index (χ3n) is 3.68. The van der Waals surface area contributed by atoms with E-state index in [1.807, 2.05) is 27.1 Å². The molecular weight excluding hydrogens is 320 g/mol. The Morgan fingerprint density at radius 2 is 2.00 bits per heavy atom. The van der Waals surface area contributed by atoms with Crippen LogP contribution in [0.2, 0.25) is 0 Å². The molecule has 0 radical (unpaired) electrons. The van der Waals surface area contributed by atoms with Gasteiger partial charge in [-0.15, -0.1) is 0 Å².